The van der Waals surface area contributed by atoms with E-state index in [0.717, 1.165) is 28.7 Å². The first kappa shape index (κ1) is 19.6. The Kier molecular flexibility index (Phi) is 4.50. The number of hydrogen-bond donors (Lipinski definition) is 3. The molecular weight excluding hydrogens is 396 g/mol. The summed E-state index contributed by atoms with van der Waals surface area (Å²) >= 11 is 0. The zero-order valence-electron chi connectivity index (χ0n) is 17.0. The van der Waals surface area contributed by atoms with Gasteiger partial charge in [-0.3, -0.25) is 4.79 Å². The van der Waals surface area contributed by atoms with Crippen LogP contribution in [0.2, 0.25) is 0 Å². The second kappa shape index (κ2) is 7.11. The zero-order chi connectivity index (χ0) is 21.6. The lowest BCUT2D eigenvalue weighted by molar-refractivity contribution is -0.145. The molecule has 0 unspecified atom stereocenters. The minimum absolute atomic E-state index is 0.0638. The minimum Gasteiger partial charge on any atom is -0.480 e. The van der Waals surface area contributed by atoms with Gasteiger partial charge in [0.1, 0.15) is 17.7 Å². The van der Waals surface area contributed by atoms with E-state index in [1.54, 1.807) is 0 Å². The third kappa shape index (κ3) is 3.24. The standard InChI is InChI=1S/C24H24N2O5/c27-20(25-24(12-13-24)21(28)29)23(10-5-11-23)26-22(30)31-14-19-17-8-3-1-6-15(17)16-7-2-4-9-18(16)19/h1-4,6-9,19H,5,10-14H2,(H,25,27)(H,26,30)(H,28,29). The van der Waals surface area contributed by atoms with Gasteiger partial charge in [-0.1, -0.05) is 48.5 Å². The van der Waals surface area contributed by atoms with Gasteiger partial charge in [-0.2, -0.15) is 0 Å². The number of carbonyl (C=O) groups is 3. The van der Waals surface area contributed by atoms with Crippen molar-refractivity contribution in [3.8, 4) is 11.1 Å². The monoisotopic (exact) mass is 420 g/mol. The van der Waals surface area contributed by atoms with Crippen molar-refractivity contribution in [1.29, 1.82) is 0 Å². The van der Waals surface area contributed by atoms with Crippen LogP contribution in [0.4, 0.5) is 4.79 Å². The zero-order valence-corrected chi connectivity index (χ0v) is 17.0. The van der Waals surface area contributed by atoms with Crippen molar-refractivity contribution < 1.29 is 24.2 Å². The summed E-state index contributed by atoms with van der Waals surface area (Å²) in [4.78, 5) is 36.8. The highest BCUT2D eigenvalue weighted by Gasteiger charge is 2.56. The summed E-state index contributed by atoms with van der Waals surface area (Å²) in [6.07, 6.45) is 1.90. The Morgan fingerprint density at radius 2 is 1.45 bits per heavy atom. The third-order valence-corrected chi connectivity index (χ3v) is 6.84. The van der Waals surface area contributed by atoms with Crippen LogP contribution in [0, 0.1) is 0 Å². The lowest BCUT2D eigenvalue weighted by atomic mass is 9.76. The average Bonchev–Trinajstić information content (AvgIpc) is 3.45. The molecule has 5 rings (SSSR count). The number of benzene rings is 2. The molecule has 31 heavy (non-hydrogen) atoms. The van der Waals surface area contributed by atoms with Crippen molar-refractivity contribution >= 4 is 18.0 Å². The van der Waals surface area contributed by atoms with Crippen LogP contribution < -0.4 is 10.6 Å². The maximum atomic E-state index is 12.8. The Bertz CT molecular complexity index is 1030. The first-order valence-corrected chi connectivity index (χ1v) is 10.6. The van der Waals surface area contributed by atoms with Gasteiger partial charge < -0.3 is 20.5 Å². The Hall–Kier alpha value is -3.35. The molecule has 0 radical (unpaired) electrons. The van der Waals surface area contributed by atoms with Gasteiger partial charge in [-0.05, 0) is 54.4 Å². The molecule has 2 amide bonds. The molecule has 0 aliphatic heterocycles. The van der Waals surface area contributed by atoms with Crippen LogP contribution in [0.1, 0.15) is 49.1 Å². The second-order valence-electron chi connectivity index (χ2n) is 8.73. The topological polar surface area (TPSA) is 105 Å². The SMILES string of the molecule is O=C(NC1(C(=O)NC2(C(=O)O)CC2)CCC1)OCC1c2ccccc2-c2ccccc21. The molecule has 7 heteroatoms. The number of nitrogens with one attached hydrogen (secondary N) is 2. The van der Waals surface area contributed by atoms with Crippen molar-refractivity contribution in [2.75, 3.05) is 6.61 Å². The molecule has 3 aliphatic rings. The number of fused-ring (bicyclic) bond motifs is 3. The molecule has 0 saturated heterocycles. The second-order valence-corrected chi connectivity index (χ2v) is 8.73. The lowest BCUT2D eigenvalue weighted by Crippen LogP contribution is -2.65. The highest BCUT2D eigenvalue weighted by Crippen LogP contribution is 2.44. The quantitative estimate of drug-likeness (QED) is 0.666. The fourth-order valence-electron chi connectivity index (χ4n) is 4.62. The molecule has 7 nitrogen and oxygen atoms in total. The number of alkyl carbamates (subject to hydrolysis) is 1. The van der Waals surface area contributed by atoms with E-state index >= 15 is 0 Å². The number of carboxylic acids is 1. The maximum Gasteiger partial charge on any atom is 0.408 e. The Labute approximate surface area is 179 Å². The van der Waals surface area contributed by atoms with Crippen molar-refractivity contribution in [2.24, 2.45) is 0 Å². The van der Waals surface area contributed by atoms with Gasteiger partial charge >= 0.3 is 12.1 Å². The number of carboxylic acid groups (broad SMARTS) is 1. The predicted molar refractivity (Wildman–Crippen MR) is 113 cm³/mol. The van der Waals surface area contributed by atoms with Crippen molar-refractivity contribution in [3.05, 3.63) is 59.7 Å². The summed E-state index contributed by atoms with van der Waals surface area (Å²) in [6.45, 7) is 0.163. The molecule has 0 aromatic heterocycles. The first-order valence-electron chi connectivity index (χ1n) is 10.6. The molecule has 0 atom stereocenters. The van der Waals surface area contributed by atoms with E-state index in [9.17, 15) is 19.5 Å². The number of carbonyl (C=O) groups excluding carboxylic acids is 2. The Balaban J connectivity index is 1.26. The predicted octanol–water partition coefficient (Wildman–Crippen LogP) is 3.18. The Morgan fingerprint density at radius 3 is 1.94 bits per heavy atom. The van der Waals surface area contributed by atoms with E-state index in [2.05, 4.69) is 22.8 Å². The first-order chi connectivity index (χ1) is 14.9. The summed E-state index contributed by atoms with van der Waals surface area (Å²) in [5, 5.41) is 14.7. The molecule has 2 aromatic rings. The maximum absolute atomic E-state index is 12.8. The van der Waals surface area contributed by atoms with E-state index in [1.165, 1.54) is 0 Å². The summed E-state index contributed by atoms with van der Waals surface area (Å²) in [5.74, 6) is -1.53. The summed E-state index contributed by atoms with van der Waals surface area (Å²) < 4.78 is 5.57. The summed E-state index contributed by atoms with van der Waals surface area (Å²) in [6, 6.07) is 16.2. The van der Waals surface area contributed by atoms with Crippen LogP contribution in [0.25, 0.3) is 11.1 Å². The molecule has 2 fully saturated rings. The molecule has 3 N–H and O–H groups in total. The van der Waals surface area contributed by atoms with Crippen LogP contribution in [-0.4, -0.2) is 40.8 Å². The molecule has 0 spiro atoms. The van der Waals surface area contributed by atoms with Crippen LogP contribution in [0.15, 0.2) is 48.5 Å². The molecule has 2 saturated carbocycles. The molecule has 0 heterocycles. The fraction of sp³-hybridized carbons (Fsp3) is 0.375. The van der Waals surface area contributed by atoms with Crippen LogP contribution >= 0.6 is 0 Å². The largest absolute Gasteiger partial charge is 0.480 e. The number of rotatable bonds is 6. The van der Waals surface area contributed by atoms with E-state index in [-0.39, 0.29) is 12.5 Å². The van der Waals surface area contributed by atoms with E-state index < -0.39 is 29.0 Å². The molecule has 2 aromatic carbocycles. The van der Waals surface area contributed by atoms with E-state index in [4.69, 9.17) is 4.74 Å². The summed E-state index contributed by atoms with van der Waals surface area (Å²) in [7, 11) is 0. The number of hydrogen-bond acceptors (Lipinski definition) is 4. The van der Waals surface area contributed by atoms with Crippen molar-refractivity contribution in [1.82, 2.24) is 10.6 Å². The van der Waals surface area contributed by atoms with Gasteiger partial charge in [0.05, 0.1) is 0 Å². The number of aliphatic carboxylic acids is 1. The molecule has 160 valence electrons. The van der Waals surface area contributed by atoms with E-state index in [0.29, 0.717) is 25.7 Å². The van der Waals surface area contributed by atoms with Crippen molar-refractivity contribution in [2.45, 2.75) is 49.1 Å². The number of ether oxygens (including phenoxy) is 1. The normalized spacial score (nSPS) is 19.4. The van der Waals surface area contributed by atoms with Gasteiger partial charge in [0.25, 0.3) is 0 Å². The van der Waals surface area contributed by atoms with Gasteiger partial charge in [0.2, 0.25) is 5.91 Å². The molecule has 0 bridgehead atoms. The lowest BCUT2D eigenvalue weighted by Gasteiger charge is -2.41. The van der Waals surface area contributed by atoms with Gasteiger partial charge in [-0.25, -0.2) is 9.59 Å². The van der Waals surface area contributed by atoms with Gasteiger partial charge in [0.15, 0.2) is 0 Å². The molecular formula is C24H24N2O5. The van der Waals surface area contributed by atoms with Crippen LogP contribution in [0.5, 0.6) is 0 Å². The summed E-state index contributed by atoms with van der Waals surface area (Å²) in [5.41, 5.74) is 2.25. The average molecular weight is 420 g/mol. The highest BCUT2D eigenvalue weighted by atomic mass is 16.5. The fourth-order valence-corrected chi connectivity index (χ4v) is 4.62. The Morgan fingerprint density at radius 1 is 0.871 bits per heavy atom. The van der Waals surface area contributed by atoms with Gasteiger partial charge in [0, 0.05) is 5.92 Å². The highest BCUT2D eigenvalue weighted by molar-refractivity contribution is 5.96. The van der Waals surface area contributed by atoms with E-state index in [1.807, 2.05) is 36.4 Å². The van der Waals surface area contributed by atoms with Crippen LogP contribution in [0.3, 0.4) is 0 Å². The molecule has 3 aliphatic carbocycles. The van der Waals surface area contributed by atoms with Crippen molar-refractivity contribution in [3.63, 3.8) is 0 Å². The third-order valence-electron chi connectivity index (χ3n) is 6.84. The minimum atomic E-state index is -1.18. The van der Waals surface area contributed by atoms with Gasteiger partial charge in [-0.15, -0.1) is 0 Å². The number of amides is 2. The van der Waals surface area contributed by atoms with Crippen LogP contribution in [-0.2, 0) is 14.3 Å². The smallest absolute Gasteiger partial charge is 0.408 e.